The third-order valence-electron chi connectivity index (χ3n) is 3.53. The molecule has 0 spiro atoms. The molecule has 2 atom stereocenters. The lowest BCUT2D eigenvalue weighted by Gasteiger charge is -2.52. The van der Waals surface area contributed by atoms with Gasteiger partial charge in [-0.25, -0.2) is 9.37 Å². The SMILES string of the molecule is Fc1cc(N2CC3CCNCC32)cnc1Cl. The van der Waals surface area contributed by atoms with Crippen molar-refractivity contribution in [1.82, 2.24) is 10.3 Å². The zero-order chi connectivity index (χ0) is 11.1. The Balaban J connectivity index is 1.80. The lowest BCUT2D eigenvalue weighted by Crippen LogP contribution is -2.63. The van der Waals surface area contributed by atoms with Crippen LogP contribution in [0.3, 0.4) is 0 Å². The van der Waals surface area contributed by atoms with Gasteiger partial charge < -0.3 is 10.2 Å². The minimum absolute atomic E-state index is 0.0532. The van der Waals surface area contributed by atoms with Crippen LogP contribution in [0.25, 0.3) is 0 Å². The van der Waals surface area contributed by atoms with Crippen LogP contribution in [0.5, 0.6) is 0 Å². The Morgan fingerprint density at radius 3 is 3.19 bits per heavy atom. The monoisotopic (exact) mass is 241 g/mol. The number of rotatable bonds is 1. The summed E-state index contributed by atoms with van der Waals surface area (Å²) in [5, 5.41) is 3.31. The van der Waals surface area contributed by atoms with Crippen molar-refractivity contribution in [3.63, 3.8) is 0 Å². The number of halogens is 2. The fourth-order valence-corrected chi connectivity index (χ4v) is 2.69. The Morgan fingerprint density at radius 1 is 1.56 bits per heavy atom. The minimum atomic E-state index is -0.439. The van der Waals surface area contributed by atoms with Crippen LogP contribution in [0.4, 0.5) is 10.1 Å². The molecule has 0 aromatic carbocycles. The number of anilines is 1. The average Bonchev–Trinajstić information content (AvgIpc) is 2.25. The van der Waals surface area contributed by atoms with Crippen molar-refractivity contribution in [2.45, 2.75) is 12.5 Å². The van der Waals surface area contributed by atoms with Gasteiger partial charge in [-0.3, -0.25) is 0 Å². The van der Waals surface area contributed by atoms with Gasteiger partial charge in [0.05, 0.1) is 11.9 Å². The number of pyridine rings is 1. The third kappa shape index (κ3) is 1.57. The van der Waals surface area contributed by atoms with Crippen molar-refractivity contribution in [2.75, 3.05) is 24.5 Å². The number of hydrogen-bond donors (Lipinski definition) is 1. The third-order valence-corrected chi connectivity index (χ3v) is 3.81. The number of fused-ring (bicyclic) bond motifs is 1. The molecule has 2 fully saturated rings. The van der Waals surface area contributed by atoms with Crippen LogP contribution >= 0.6 is 11.6 Å². The van der Waals surface area contributed by atoms with E-state index in [1.54, 1.807) is 6.20 Å². The highest BCUT2D eigenvalue weighted by molar-refractivity contribution is 6.29. The second kappa shape index (κ2) is 3.86. The highest BCUT2D eigenvalue weighted by Gasteiger charge is 2.40. The van der Waals surface area contributed by atoms with Crippen molar-refractivity contribution in [3.8, 4) is 0 Å². The smallest absolute Gasteiger partial charge is 0.164 e. The van der Waals surface area contributed by atoms with Gasteiger partial charge in [0, 0.05) is 25.2 Å². The van der Waals surface area contributed by atoms with E-state index >= 15 is 0 Å². The molecule has 0 amide bonds. The van der Waals surface area contributed by atoms with Gasteiger partial charge in [0.1, 0.15) is 0 Å². The van der Waals surface area contributed by atoms with E-state index in [1.165, 1.54) is 12.5 Å². The molecule has 86 valence electrons. The summed E-state index contributed by atoms with van der Waals surface area (Å²) in [5.41, 5.74) is 0.840. The molecule has 2 aliphatic rings. The van der Waals surface area contributed by atoms with Gasteiger partial charge >= 0.3 is 0 Å². The summed E-state index contributed by atoms with van der Waals surface area (Å²) in [4.78, 5) is 6.05. The van der Waals surface area contributed by atoms with Gasteiger partial charge in [0.25, 0.3) is 0 Å². The molecule has 5 heteroatoms. The largest absolute Gasteiger partial charge is 0.365 e. The lowest BCUT2D eigenvalue weighted by molar-refractivity contribution is 0.229. The maximum atomic E-state index is 13.3. The molecule has 2 aliphatic heterocycles. The highest BCUT2D eigenvalue weighted by atomic mass is 35.5. The van der Waals surface area contributed by atoms with Crippen LogP contribution < -0.4 is 10.2 Å². The van der Waals surface area contributed by atoms with Crippen LogP contribution in [0.2, 0.25) is 5.15 Å². The summed E-state index contributed by atoms with van der Waals surface area (Å²) in [6, 6.07) is 1.97. The number of nitrogens with one attached hydrogen (secondary N) is 1. The van der Waals surface area contributed by atoms with Crippen molar-refractivity contribution in [3.05, 3.63) is 23.2 Å². The summed E-state index contributed by atoms with van der Waals surface area (Å²) in [6.45, 7) is 3.09. The molecule has 0 saturated carbocycles. The lowest BCUT2D eigenvalue weighted by atomic mass is 9.83. The molecule has 1 N–H and O–H groups in total. The molecule has 3 nitrogen and oxygen atoms in total. The second-order valence-electron chi connectivity index (χ2n) is 4.44. The van der Waals surface area contributed by atoms with Crippen LogP contribution in [0.1, 0.15) is 6.42 Å². The topological polar surface area (TPSA) is 28.2 Å². The van der Waals surface area contributed by atoms with E-state index in [-0.39, 0.29) is 5.15 Å². The Bertz CT molecular complexity index is 412. The van der Waals surface area contributed by atoms with Gasteiger partial charge in [0.15, 0.2) is 11.0 Å². The van der Waals surface area contributed by atoms with Crippen molar-refractivity contribution >= 4 is 17.3 Å². The molecule has 3 heterocycles. The van der Waals surface area contributed by atoms with E-state index < -0.39 is 5.82 Å². The summed E-state index contributed by atoms with van der Waals surface area (Å²) < 4.78 is 13.3. The number of nitrogens with zero attached hydrogens (tertiary/aromatic N) is 2. The van der Waals surface area contributed by atoms with Crippen LogP contribution in [-0.2, 0) is 0 Å². The summed E-state index contributed by atoms with van der Waals surface area (Å²) in [5.74, 6) is 0.311. The van der Waals surface area contributed by atoms with Gasteiger partial charge in [-0.1, -0.05) is 11.6 Å². The predicted octanol–water partition coefficient (Wildman–Crippen LogP) is 1.67. The van der Waals surface area contributed by atoms with Gasteiger partial charge in [0.2, 0.25) is 0 Å². The molecular weight excluding hydrogens is 229 g/mol. The van der Waals surface area contributed by atoms with Crippen LogP contribution in [-0.4, -0.2) is 30.7 Å². The Labute approximate surface area is 98.6 Å². The first-order chi connectivity index (χ1) is 7.75. The van der Waals surface area contributed by atoms with Crippen molar-refractivity contribution < 1.29 is 4.39 Å². The van der Waals surface area contributed by atoms with E-state index in [9.17, 15) is 4.39 Å². The highest BCUT2D eigenvalue weighted by Crippen LogP contribution is 2.34. The second-order valence-corrected chi connectivity index (χ2v) is 4.80. The normalized spacial score (nSPS) is 28.5. The van der Waals surface area contributed by atoms with E-state index in [0.29, 0.717) is 6.04 Å². The summed E-state index contributed by atoms with van der Waals surface area (Å²) in [7, 11) is 0. The fraction of sp³-hybridized carbons (Fsp3) is 0.545. The zero-order valence-electron chi connectivity index (χ0n) is 8.79. The molecule has 0 radical (unpaired) electrons. The molecule has 0 bridgehead atoms. The van der Waals surface area contributed by atoms with E-state index in [2.05, 4.69) is 15.2 Å². The van der Waals surface area contributed by atoms with E-state index in [4.69, 9.17) is 11.6 Å². The first-order valence-electron chi connectivity index (χ1n) is 5.54. The summed E-state index contributed by atoms with van der Waals surface area (Å²) >= 11 is 5.57. The molecule has 16 heavy (non-hydrogen) atoms. The molecule has 0 aliphatic carbocycles. The Morgan fingerprint density at radius 2 is 2.44 bits per heavy atom. The van der Waals surface area contributed by atoms with Gasteiger partial charge in [-0.2, -0.15) is 0 Å². The Hall–Kier alpha value is -0.870. The quantitative estimate of drug-likeness (QED) is 0.759. The Kier molecular flexibility index (Phi) is 2.48. The number of aromatic nitrogens is 1. The van der Waals surface area contributed by atoms with Crippen molar-refractivity contribution in [1.29, 1.82) is 0 Å². The minimum Gasteiger partial charge on any atom is -0.365 e. The molecular formula is C11H13ClFN3. The van der Waals surface area contributed by atoms with E-state index in [1.807, 2.05) is 0 Å². The zero-order valence-corrected chi connectivity index (χ0v) is 9.54. The summed E-state index contributed by atoms with van der Waals surface area (Å²) in [6.07, 6.45) is 2.86. The molecule has 1 aromatic heterocycles. The first-order valence-corrected chi connectivity index (χ1v) is 5.92. The standard InChI is InChI=1S/C11H13ClFN3/c12-11-9(13)3-8(4-15-11)16-6-7-1-2-14-5-10(7)16/h3-4,7,10,14H,1-2,5-6H2. The predicted molar refractivity (Wildman–Crippen MR) is 61.3 cm³/mol. The van der Waals surface area contributed by atoms with E-state index in [0.717, 1.165) is 31.2 Å². The van der Waals surface area contributed by atoms with Crippen LogP contribution in [0, 0.1) is 11.7 Å². The average molecular weight is 242 g/mol. The maximum absolute atomic E-state index is 13.3. The van der Waals surface area contributed by atoms with Crippen LogP contribution in [0.15, 0.2) is 12.3 Å². The molecule has 3 rings (SSSR count). The molecule has 2 saturated heterocycles. The van der Waals surface area contributed by atoms with Gasteiger partial charge in [-0.05, 0) is 18.9 Å². The first kappa shape index (κ1) is 10.3. The fourth-order valence-electron chi connectivity index (χ4n) is 2.59. The number of piperidine rings is 1. The molecule has 2 unspecified atom stereocenters. The maximum Gasteiger partial charge on any atom is 0.164 e. The number of hydrogen-bond acceptors (Lipinski definition) is 3. The van der Waals surface area contributed by atoms with Crippen molar-refractivity contribution in [2.24, 2.45) is 5.92 Å². The van der Waals surface area contributed by atoms with Gasteiger partial charge in [-0.15, -0.1) is 0 Å². The molecule has 1 aromatic rings.